The summed E-state index contributed by atoms with van der Waals surface area (Å²) in [6.45, 7) is 0. The molecule has 0 radical (unpaired) electrons. The quantitative estimate of drug-likeness (QED) is 0.913. The zero-order valence-electron chi connectivity index (χ0n) is 11.7. The summed E-state index contributed by atoms with van der Waals surface area (Å²) in [5.74, 6) is 0. The molecule has 2 heterocycles. The van der Waals surface area contributed by atoms with E-state index in [1.165, 1.54) is 37.0 Å². The molecule has 0 aliphatic heterocycles. The first kappa shape index (κ1) is 13.8. The minimum atomic E-state index is -0.330. The van der Waals surface area contributed by atoms with Crippen molar-refractivity contribution < 1.29 is 5.11 Å². The van der Waals surface area contributed by atoms with Crippen molar-refractivity contribution in [3.05, 3.63) is 40.3 Å². The minimum absolute atomic E-state index is 0.330. The Morgan fingerprint density at radius 2 is 2.10 bits per heavy atom. The molecule has 108 valence electrons. The van der Waals surface area contributed by atoms with Crippen LogP contribution in [0.1, 0.15) is 48.7 Å². The molecule has 20 heavy (non-hydrogen) atoms. The molecule has 0 bridgehead atoms. The number of aliphatic hydroxyl groups excluding tert-OH is 1. The van der Waals surface area contributed by atoms with Crippen LogP contribution >= 0.6 is 11.3 Å². The van der Waals surface area contributed by atoms with Gasteiger partial charge in [0.25, 0.3) is 0 Å². The molecule has 0 aromatic carbocycles. The Labute approximate surface area is 124 Å². The number of hydrogen-bond donors (Lipinski definition) is 1. The Balaban J connectivity index is 1.56. The van der Waals surface area contributed by atoms with Crippen LogP contribution < -0.4 is 0 Å². The second-order valence-corrected chi connectivity index (χ2v) is 6.75. The van der Waals surface area contributed by atoms with Crippen LogP contribution in [-0.2, 0) is 12.8 Å². The van der Waals surface area contributed by atoms with Gasteiger partial charge in [0.15, 0.2) is 0 Å². The molecule has 3 nitrogen and oxygen atoms in total. The molecule has 1 unspecified atom stereocenters. The average Bonchev–Trinajstić information content (AvgIpc) is 3.11. The highest BCUT2D eigenvalue weighted by Gasteiger charge is 2.17. The summed E-state index contributed by atoms with van der Waals surface area (Å²) in [4.78, 5) is 1.24. The summed E-state index contributed by atoms with van der Waals surface area (Å²) < 4.78 is 2.12. The molecular weight excluding hydrogens is 268 g/mol. The van der Waals surface area contributed by atoms with Gasteiger partial charge in [-0.05, 0) is 30.4 Å². The van der Waals surface area contributed by atoms with Crippen LogP contribution in [0.2, 0.25) is 0 Å². The van der Waals surface area contributed by atoms with Crippen LogP contribution in [0.25, 0.3) is 0 Å². The Hall–Kier alpha value is -1.13. The first-order chi connectivity index (χ1) is 9.81. The van der Waals surface area contributed by atoms with Gasteiger partial charge in [-0.25, -0.2) is 0 Å². The van der Waals surface area contributed by atoms with Crippen LogP contribution in [0.4, 0.5) is 0 Å². The molecule has 1 aliphatic carbocycles. The monoisotopic (exact) mass is 290 g/mol. The maximum atomic E-state index is 10.2. The summed E-state index contributed by atoms with van der Waals surface area (Å²) in [5, 5.41) is 16.9. The van der Waals surface area contributed by atoms with Crippen LogP contribution in [0.5, 0.6) is 0 Å². The summed E-state index contributed by atoms with van der Waals surface area (Å²) in [5.41, 5.74) is 1.01. The molecular formula is C16H22N2OS. The normalized spacial score (nSPS) is 18.2. The third kappa shape index (κ3) is 3.49. The van der Waals surface area contributed by atoms with E-state index in [0.29, 0.717) is 12.5 Å². The molecule has 2 aromatic rings. The van der Waals surface area contributed by atoms with Crippen LogP contribution in [0.15, 0.2) is 29.8 Å². The molecule has 1 saturated carbocycles. The third-order valence-electron chi connectivity index (χ3n) is 4.07. The van der Waals surface area contributed by atoms with Crippen molar-refractivity contribution in [2.24, 2.45) is 0 Å². The van der Waals surface area contributed by atoms with E-state index < -0.39 is 0 Å². The third-order valence-corrected chi connectivity index (χ3v) is 4.97. The lowest BCUT2D eigenvalue weighted by atomic mass is 9.96. The number of aliphatic hydroxyl groups is 1. The van der Waals surface area contributed by atoms with Crippen molar-refractivity contribution in [2.75, 3.05) is 0 Å². The molecule has 0 saturated heterocycles. The topological polar surface area (TPSA) is 38.0 Å². The lowest BCUT2D eigenvalue weighted by Gasteiger charge is -2.21. The standard InChI is InChI=1S/C16H22N2OS/c19-15(12-16-7-4-10-20-16)11-13-8-9-18(17-13)14-5-2-1-3-6-14/h4,7-10,14-15,19H,1-3,5-6,11-12H2. The molecule has 1 aliphatic rings. The van der Waals surface area contributed by atoms with Crippen molar-refractivity contribution in [1.82, 2.24) is 9.78 Å². The molecule has 1 fully saturated rings. The van der Waals surface area contributed by atoms with Crippen LogP contribution in [0, 0.1) is 0 Å². The predicted molar refractivity (Wildman–Crippen MR) is 82.1 cm³/mol. The fourth-order valence-corrected chi connectivity index (χ4v) is 3.79. The molecule has 4 heteroatoms. The van der Waals surface area contributed by atoms with E-state index in [-0.39, 0.29) is 6.10 Å². The zero-order valence-corrected chi connectivity index (χ0v) is 12.6. The van der Waals surface area contributed by atoms with Crippen LogP contribution in [-0.4, -0.2) is 21.0 Å². The van der Waals surface area contributed by atoms with E-state index >= 15 is 0 Å². The van der Waals surface area contributed by atoms with Crippen molar-refractivity contribution in [1.29, 1.82) is 0 Å². The summed E-state index contributed by atoms with van der Waals surface area (Å²) in [6, 6.07) is 6.75. The fourth-order valence-electron chi connectivity index (χ4n) is 3.01. The molecule has 0 spiro atoms. The predicted octanol–water partition coefficient (Wildman–Crippen LogP) is 3.60. The summed E-state index contributed by atoms with van der Waals surface area (Å²) >= 11 is 1.70. The number of aromatic nitrogens is 2. The SMILES string of the molecule is OC(Cc1ccn(C2CCCCC2)n1)Cc1cccs1. The number of rotatable bonds is 5. The van der Waals surface area contributed by atoms with Gasteiger partial charge in [0.2, 0.25) is 0 Å². The first-order valence-electron chi connectivity index (χ1n) is 7.56. The van der Waals surface area contributed by atoms with E-state index in [0.717, 1.165) is 12.1 Å². The second kappa shape index (κ2) is 6.55. The Bertz CT molecular complexity index is 514. The van der Waals surface area contributed by atoms with Gasteiger partial charge in [0.05, 0.1) is 17.8 Å². The van der Waals surface area contributed by atoms with Gasteiger partial charge < -0.3 is 5.11 Å². The van der Waals surface area contributed by atoms with Gasteiger partial charge in [-0.2, -0.15) is 5.10 Å². The van der Waals surface area contributed by atoms with Gasteiger partial charge in [-0.3, -0.25) is 4.68 Å². The number of nitrogens with zero attached hydrogens (tertiary/aromatic N) is 2. The van der Waals surface area contributed by atoms with E-state index in [1.54, 1.807) is 11.3 Å². The number of thiophene rings is 1. The van der Waals surface area contributed by atoms with E-state index in [1.807, 2.05) is 6.07 Å². The highest BCUT2D eigenvalue weighted by atomic mass is 32.1. The first-order valence-corrected chi connectivity index (χ1v) is 8.44. The largest absolute Gasteiger partial charge is 0.392 e. The molecule has 3 rings (SSSR count). The molecule has 0 amide bonds. The lowest BCUT2D eigenvalue weighted by molar-refractivity contribution is 0.174. The summed E-state index contributed by atoms with van der Waals surface area (Å²) in [6.07, 6.45) is 9.64. The molecule has 1 N–H and O–H groups in total. The Morgan fingerprint density at radius 1 is 1.25 bits per heavy atom. The maximum Gasteiger partial charge on any atom is 0.0650 e. The smallest absolute Gasteiger partial charge is 0.0650 e. The molecule has 1 atom stereocenters. The van der Waals surface area contributed by atoms with E-state index in [2.05, 4.69) is 33.5 Å². The van der Waals surface area contributed by atoms with E-state index in [9.17, 15) is 5.11 Å². The minimum Gasteiger partial charge on any atom is -0.392 e. The molecule has 2 aromatic heterocycles. The lowest BCUT2D eigenvalue weighted by Crippen LogP contribution is -2.16. The van der Waals surface area contributed by atoms with Crippen molar-refractivity contribution >= 4 is 11.3 Å². The zero-order chi connectivity index (χ0) is 13.8. The van der Waals surface area contributed by atoms with Gasteiger partial charge in [-0.15, -0.1) is 11.3 Å². The average molecular weight is 290 g/mol. The van der Waals surface area contributed by atoms with Crippen LogP contribution in [0.3, 0.4) is 0 Å². The second-order valence-electron chi connectivity index (χ2n) is 5.72. The van der Waals surface area contributed by atoms with Gasteiger partial charge in [0.1, 0.15) is 0 Å². The fraction of sp³-hybridized carbons (Fsp3) is 0.562. The van der Waals surface area contributed by atoms with E-state index in [4.69, 9.17) is 0 Å². The van der Waals surface area contributed by atoms with Crippen molar-refractivity contribution in [3.63, 3.8) is 0 Å². The highest BCUT2D eigenvalue weighted by Crippen LogP contribution is 2.27. The Kier molecular flexibility index (Phi) is 4.53. The highest BCUT2D eigenvalue weighted by molar-refractivity contribution is 7.09. The number of hydrogen-bond acceptors (Lipinski definition) is 3. The summed E-state index contributed by atoms with van der Waals surface area (Å²) in [7, 11) is 0. The van der Waals surface area contributed by atoms with Crippen molar-refractivity contribution in [3.8, 4) is 0 Å². The van der Waals surface area contributed by atoms with Crippen molar-refractivity contribution in [2.45, 2.75) is 57.1 Å². The van der Waals surface area contributed by atoms with Gasteiger partial charge in [0, 0.05) is 23.9 Å². The van der Waals surface area contributed by atoms with Gasteiger partial charge >= 0.3 is 0 Å². The Morgan fingerprint density at radius 3 is 2.85 bits per heavy atom. The van der Waals surface area contributed by atoms with Gasteiger partial charge in [-0.1, -0.05) is 25.3 Å². The maximum absolute atomic E-state index is 10.2.